The zero-order valence-electron chi connectivity index (χ0n) is 33.5. The molecule has 2 heteroatoms. The first-order chi connectivity index (χ1) is 30.3. The number of rotatable bonds is 7. The molecular formula is C59H40N2. The molecule has 1 aliphatic carbocycles. The van der Waals surface area contributed by atoms with Gasteiger partial charge < -0.3 is 9.47 Å². The fraction of sp³-hybridized carbons (Fsp3) is 0.0169. The van der Waals surface area contributed by atoms with Crippen LogP contribution < -0.4 is 4.90 Å². The minimum absolute atomic E-state index is 0.472. The zero-order valence-corrected chi connectivity index (χ0v) is 33.5. The zero-order chi connectivity index (χ0) is 40.3. The Morgan fingerprint density at radius 3 is 1.54 bits per heavy atom. The quantitative estimate of drug-likeness (QED) is 0.156. The van der Waals surface area contributed by atoms with E-state index in [0.717, 1.165) is 22.7 Å². The average Bonchev–Trinajstić information content (AvgIpc) is 3.83. The van der Waals surface area contributed by atoms with Gasteiger partial charge in [-0.1, -0.05) is 182 Å². The lowest BCUT2D eigenvalue weighted by Crippen LogP contribution is -2.28. The Morgan fingerprint density at radius 1 is 0.328 bits per heavy atom. The number of benzene rings is 10. The summed E-state index contributed by atoms with van der Waals surface area (Å²) < 4.78 is 2.47. The third-order valence-electron chi connectivity index (χ3n) is 12.9. The van der Waals surface area contributed by atoms with E-state index in [2.05, 4.69) is 252 Å². The van der Waals surface area contributed by atoms with E-state index in [1.165, 1.54) is 77.1 Å². The van der Waals surface area contributed by atoms with E-state index in [1.54, 1.807) is 0 Å². The minimum atomic E-state index is -0.472. The van der Waals surface area contributed by atoms with E-state index >= 15 is 0 Å². The van der Waals surface area contributed by atoms with Crippen molar-refractivity contribution in [1.29, 1.82) is 0 Å². The van der Waals surface area contributed by atoms with Crippen molar-refractivity contribution in [1.82, 2.24) is 4.57 Å². The average molecular weight is 777 g/mol. The Balaban J connectivity index is 1.05. The van der Waals surface area contributed by atoms with Crippen LogP contribution in [0.15, 0.2) is 243 Å². The second kappa shape index (κ2) is 14.1. The molecule has 61 heavy (non-hydrogen) atoms. The lowest BCUT2D eigenvalue weighted by molar-refractivity contribution is 0.767. The van der Waals surface area contributed by atoms with Gasteiger partial charge in [0.15, 0.2) is 0 Å². The maximum atomic E-state index is 2.47. The fourth-order valence-corrected chi connectivity index (χ4v) is 10.3. The summed E-state index contributed by atoms with van der Waals surface area (Å²) >= 11 is 0. The van der Waals surface area contributed by atoms with Crippen molar-refractivity contribution < 1.29 is 0 Å². The van der Waals surface area contributed by atoms with Crippen LogP contribution in [-0.4, -0.2) is 4.57 Å². The molecule has 0 N–H and O–H groups in total. The Morgan fingerprint density at radius 2 is 0.852 bits per heavy atom. The summed E-state index contributed by atoms with van der Waals surface area (Å²) in [6.45, 7) is 0. The molecule has 10 aromatic carbocycles. The Kier molecular flexibility index (Phi) is 8.11. The third kappa shape index (κ3) is 5.36. The predicted octanol–water partition coefficient (Wildman–Crippen LogP) is 15.4. The summed E-state index contributed by atoms with van der Waals surface area (Å²) in [6, 6.07) is 88.9. The molecule has 1 aromatic heterocycles. The van der Waals surface area contributed by atoms with Gasteiger partial charge in [0.25, 0.3) is 0 Å². The first-order valence-electron chi connectivity index (χ1n) is 21.1. The molecule has 12 rings (SSSR count). The predicted molar refractivity (Wildman–Crippen MR) is 256 cm³/mol. The lowest BCUT2D eigenvalue weighted by Gasteiger charge is -2.34. The van der Waals surface area contributed by atoms with Crippen molar-refractivity contribution in [3.05, 3.63) is 265 Å². The van der Waals surface area contributed by atoms with E-state index in [0.29, 0.717) is 0 Å². The van der Waals surface area contributed by atoms with Crippen LogP contribution in [0.25, 0.3) is 60.5 Å². The van der Waals surface area contributed by atoms with E-state index < -0.39 is 5.41 Å². The van der Waals surface area contributed by atoms with E-state index in [4.69, 9.17) is 0 Å². The smallest absolute Gasteiger partial charge is 0.0714 e. The van der Waals surface area contributed by atoms with Gasteiger partial charge in [0.2, 0.25) is 0 Å². The lowest BCUT2D eigenvalue weighted by atomic mass is 9.67. The SMILES string of the molecule is c1ccc(N(c2ccccc2)c2ccc(-c3ccc4c(c3)c3ccccc3n4-c3ccc4c(c3)C(c3ccccc3)(c3ccccc3)c3ccccc3-4)c3ccccc23)cc1. The van der Waals surface area contributed by atoms with Gasteiger partial charge in [-0.25, -0.2) is 0 Å². The standard InChI is InChI=1S/C59H40N2/c1-5-19-42(20-6-1)59(43-21-7-2-8-22-43)54-31-17-15-28-49(54)50-35-34-46(40-55(50)59)61-56-32-18-16-30-52(56)53-39-41(33-37-58(53)61)47-36-38-57(51-29-14-13-27-48(47)51)60(44-23-9-3-10-24-44)45-25-11-4-12-26-45/h1-40H. The highest BCUT2D eigenvalue weighted by Gasteiger charge is 2.46. The molecule has 0 bridgehead atoms. The molecule has 0 radical (unpaired) electrons. The monoisotopic (exact) mass is 776 g/mol. The van der Waals surface area contributed by atoms with Gasteiger partial charge in [0.05, 0.1) is 22.1 Å². The van der Waals surface area contributed by atoms with Crippen molar-refractivity contribution in [2.75, 3.05) is 4.90 Å². The number of aromatic nitrogens is 1. The maximum Gasteiger partial charge on any atom is 0.0714 e. The molecule has 1 heterocycles. The van der Waals surface area contributed by atoms with Crippen LogP contribution in [0.4, 0.5) is 17.1 Å². The number of anilines is 3. The highest BCUT2D eigenvalue weighted by molar-refractivity contribution is 6.12. The van der Waals surface area contributed by atoms with Crippen LogP contribution >= 0.6 is 0 Å². The molecule has 0 saturated carbocycles. The van der Waals surface area contributed by atoms with Crippen molar-refractivity contribution >= 4 is 49.6 Å². The summed E-state index contributed by atoms with van der Waals surface area (Å²) in [7, 11) is 0. The molecule has 0 amide bonds. The first kappa shape index (κ1) is 35.0. The maximum absolute atomic E-state index is 2.47. The molecule has 0 fully saturated rings. The van der Waals surface area contributed by atoms with Crippen LogP contribution in [0.3, 0.4) is 0 Å². The minimum Gasteiger partial charge on any atom is -0.310 e. The number of hydrogen-bond donors (Lipinski definition) is 0. The second-order valence-corrected chi connectivity index (χ2v) is 16.0. The van der Waals surface area contributed by atoms with Crippen LogP contribution in [0, 0.1) is 0 Å². The van der Waals surface area contributed by atoms with Gasteiger partial charge in [0, 0.05) is 33.2 Å². The summed E-state index contributed by atoms with van der Waals surface area (Å²) in [5, 5.41) is 4.89. The van der Waals surface area contributed by atoms with Crippen LogP contribution in [0.2, 0.25) is 0 Å². The van der Waals surface area contributed by atoms with Crippen LogP contribution in [0.5, 0.6) is 0 Å². The van der Waals surface area contributed by atoms with E-state index in [1.807, 2.05) is 0 Å². The number of nitrogens with zero attached hydrogens (tertiary/aromatic N) is 2. The molecular weight excluding hydrogens is 737 g/mol. The van der Waals surface area contributed by atoms with E-state index in [9.17, 15) is 0 Å². The van der Waals surface area contributed by atoms with Crippen molar-refractivity contribution in [2.45, 2.75) is 5.41 Å². The van der Waals surface area contributed by atoms with Gasteiger partial charge in [0.1, 0.15) is 0 Å². The van der Waals surface area contributed by atoms with Gasteiger partial charge in [-0.2, -0.15) is 0 Å². The van der Waals surface area contributed by atoms with Gasteiger partial charge in [-0.05, 0) is 111 Å². The topological polar surface area (TPSA) is 8.17 Å². The summed E-state index contributed by atoms with van der Waals surface area (Å²) in [5.41, 5.74) is 16.6. The molecule has 0 unspecified atom stereocenters. The molecule has 0 saturated heterocycles. The number of hydrogen-bond acceptors (Lipinski definition) is 1. The van der Waals surface area contributed by atoms with Crippen molar-refractivity contribution in [3.8, 4) is 27.9 Å². The van der Waals surface area contributed by atoms with Crippen LogP contribution in [0.1, 0.15) is 22.3 Å². The first-order valence-corrected chi connectivity index (χ1v) is 21.1. The molecule has 1 aliphatic rings. The Labute approximate surface area is 355 Å². The Hall–Kier alpha value is -7.94. The second-order valence-electron chi connectivity index (χ2n) is 16.0. The Bertz CT molecular complexity index is 3330. The molecule has 286 valence electrons. The van der Waals surface area contributed by atoms with Gasteiger partial charge >= 0.3 is 0 Å². The molecule has 0 atom stereocenters. The highest BCUT2D eigenvalue weighted by Crippen LogP contribution is 2.56. The van der Waals surface area contributed by atoms with Crippen molar-refractivity contribution in [2.24, 2.45) is 0 Å². The van der Waals surface area contributed by atoms with Gasteiger partial charge in [-0.15, -0.1) is 0 Å². The summed E-state index contributed by atoms with van der Waals surface area (Å²) in [4.78, 5) is 2.36. The van der Waals surface area contributed by atoms with E-state index in [-0.39, 0.29) is 0 Å². The van der Waals surface area contributed by atoms with Crippen LogP contribution in [-0.2, 0) is 5.41 Å². The largest absolute Gasteiger partial charge is 0.310 e. The molecule has 11 aromatic rings. The fourth-order valence-electron chi connectivity index (χ4n) is 10.3. The number of para-hydroxylation sites is 3. The molecule has 0 spiro atoms. The molecule has 0 aliphatic heterocycles. The summed E-state index contributed by atoms with van der Waals surface area (Å²) in [5.74, 6) is 0. The summed E-state index contributed by atoms with van der Waals surface area (Å²) in [6.07, 6.45) is 0. The van der Waals surface area contributed by atoms with Gasteiger partial charge in [-0.3, -0.25) is 0 Å². The molecule has 2 nitrogen and oxygen atoms in total. The normalized spacial score (nSPS) is 12.7. The third-order valence-corrected chi connectivity index (χ3v) is 12.9. The highest BCUT2D eigenvalue weighted by atomic mass is 15.1. The van der Waals surface area contributed by atoms with Crippen molar-refractivity contribution in [3.63, 3.8) is 0 Å². The number of fused-ring (bicyclic) bond motifs is 7.